The van der Waals surface area contributed by atoms with E-state index in [4.69, 9.17) is 0 Å². The van der Waals surface area contributed by atoms with E-state index in [-0.39, 0.29) is 16.5 Å². The van der Waals surface area contributed by atoms with E-state index in [1.807, 2.05) is 18.7 Å². The molecule has 0 aromatic heterocycles. The van der Waals surface area contributed by atoms with Gasteiger partial charge in [-0.25, -0.2) is 8.42 Å². The van der Waals surface area contributed by atoms with Crippen LogP contribution in [0.2, 0.25) is 0 Å². The van der Waals surface area contributed by atoms with Gasteiger partial charge in [-0.1, -0.05) is 43.9 Å². The molecule has 1 rings (SSSR count). The van der Waals surface area contributed by atoms with Gasteiger partial charge in [0.1, 0.15) is 22.8 Å². The summed E-state index contributed by atoms with van der Waals surface area (Å²) in [4.78, 5) is -0.178. The molecule has 0 spiro atoms. The van der Waals surface area contributed by atoms with Crippen LogP contribution in [0.1, 0.15) is 38.2 Å². The van der Waals surface area contributed by atoms with Crippen LogP contribution in [-0.4, -0.2) is 73.3 Å². The second-order valence-electron chi connectivity index (χ2n) is 7.53. The maximum Gasteiger partial charge on any atom is 0.124 e. The first kappa shape index (κ1) is 28.6. The van der Waals surface area contributed by atoms with Crippen LogP contribution >= 0.6 is 11.8 Å². The lowest BCUT2D eigenvalue weighted by molar-refractivity contribution is -0.873. The minimum atomic E-state index is -4.27. The number of quaternary nitrogens is 1. The smallest absolute Gasteiger partial charge is 0.124 e. The average Bonchev–Trinajstić information content (AvgIpc) is 2.49. The van der Waals surface area contributed by atoms with Crippen molar-refractivity contribution in [3.63, 3.8) is 0 Å². The molecular formula is C19H37NO5S2. The number of likely N-dealkylation sites (N-methyl/N-ethyl adjacent to an activating group) is 1. The summed E-state index contributed by atoms with van der Waals surface area (Å²) < 4.78 is 32.0. The van der Waals surface area contributed by atoms with Crippen molar-refractivity contribution in [3.8, 4) is 0 Å². The standard InChI is InChI=1S/C12H28NOS.C7H8O3S.H2O/c1-5-6-7-8-9-15-11-12(14)10-13(2,3)4;1-6-2-4-7(5-3-6)11(8,9)10;/h12,14H,5-11H2,1-4H3;2-5H,1H3,(H,8,9,10);1H2/q+1;;/p-1. The molecule has 27 heavy (non-hydrogen) atoms. The summed E-state index contributed by atoms with van der Waals surface area (Å²) in [5, 5.41) is 9.75. The largest absolute Gasteiger partial charge is 0.744 e. The normalized spacial score (nSPS) is 12.6. The van der Waals surface area contributed by atoms with E-state index in [1.54, 1.807) is 12.1 Å². The lowest BCUT2D eigenvalue weighted by Gasteiger charge is -2.26. The Bertz CT molecular complexity index is 583. The number of aryl methyl sites for hydroxylation is 1. The molecule has 1 atom stereocenters. The number of hydrogen-bond acceptors (Lipinski definition) is 5. The van der Waals surface area contributed by atoms with E-state index in [0.717, 1.165) is 22.3 Å². The fourth-order valence-corrected chi connectivity index (χ4v) is 3.66. The van der Waals surface area contributed by atoms with Crippen LogP contribution in [0, 0.1) is 6.92 Å². The highest BCUT2D eigenvalue weighted by atomic mass is 32.2. The zero-order valence-corrected chi connectivity index (χ0v) is 18.9. The molecule has 3 N–H and O–H groups in total. The van der Waals surface area contributed by atoms with Gasteiger partial charge in [0.05, 0.1) is 26.0 Å². The molecule has 1 unspecified atom stereocenters. The topological polar surface area (TPSA) is 109 Å². The Kier molecular flexibility index (Phi) is 15.2. The lowest BCUT2D eigenvalue weighted by Crippen LogP contribution is -2.42. The van der Waals surface area contributed by atoms with Gasteiger partial charge < -0.3 is 19.6 Å². The summed E-state index contributed by atoms with van der Waals surface area (Å²) in [5.74, 6) is 2.09. The van der Waals surface area contributed by atoms with Gasteiger partial charge in [0.25, 0.3) is 0 Å². The Labute approximate surface area is 169 Å². The van der Waals surface area contributed by atoms with Gasteiger partial charge in [-0.3, -0.25) is 0 Å². The fourth-order valence-electron chi connectivity index (χ4n) is 2.24. The molecule has 160 valence electrons. The Balaban J connectivity index is 0. The number of hydrogen-bond donors (Lipinski definition) is 1. The van der Waals surface area contributed by atoms with E-state index in [9.17, 15) is 18.1 Å². The first-order valence-electron chi connectivity index (χ1n) is 9.04. The molecule has 0 amide bonds. The van der Waals surface area contributed by atoms with Gasteiger partial charge in [-0.05, 0) is 31.2 Å². The summed E-state index contributed by atoms with van der Waals surface area (Å²) in [6.45, 7) is 4.90. The summed E-state index contributed by atoms with van der Waals surface area (Å²) >= 11 is 1.89. The van der Waals surface area contributed by atoms with E-state index in [0.29, 0.717) is 0 Å². The van der Waals surface area contributed by atoms with Gasteiger partial charge >= 0.3 is 0 Å². The Morgan fingerprint density at radius 1 is 1.11 bits per heavy atom. The number of nitrogens with zero attached hydrogens (tertiary/aromatic N) is 1. The molecule has 0 bridgehead atoms. The van der Waals surface area contributed by atoms with Crippen molar-refractivity contribution < 1.29 is 28.0 Å². The van der Waals surface area contributed by atoms with Gasteiger partial charge in [0, 0.05) is 5.75 Å². The van der Waals surface area contributed by atoms with Crippen LogP contribution in [-0.2, 0) is 10.1 Å². The highest BCUT2D eigenvalue weighted by Crippen LogP contribution is 2.10. The molecule has 0 saturated heterocycles. The van der Waals surface area contributed by atoms with Crippen molar-refractivity contribution in [2.24, 2.45) is 0 Å². The maximum absolute atomic E-state index is 10.4. The molecule has 0 aliphatic heterocycles. The SMILES string of the molecule is CCCCCCSCC(O)C[N+](C)(C)C.Cc1ccc(S(=O)(=O)[O-])cc1.O. The van der Waals surface area contributed by atoms with Crippen LogP contribution in [0.25, 0.3) is 0 Å². The molecule has 0 aliphatic rings. The quantitative estimate of drug-likeness (QED) is 0.353. The van der Waals surface area contributed by atoms with Crippen LogP contribution in [0.5, 0.6) is 0 Å². The van der Waals surface area contributed by atoms with E-state index >= 15 is 0 Å². The fraction of sp³-hybridized carbons (Fsp3) is 0.684. The molecule has 0 radical (unpaired) electrons. The van der Waals surface area contributed by atoms with Crippen molar-refractivity contribution in [2.45, 2.75) is 50.5 Å². The summed E-state index contributed by atoms with van der Waals surface area (Å²) in [7, 11) is 2.09. The van der Waals surface area contributed by atoms with Gasteiger partial charge in [-0.2, -0.15) is 11.8 Å². The molecule has 6 nitrogen and oxygen atoms in total. The highest BCUT2D eigenvalue weighted by molar-refractivity contribution is 7.99. The molecule has 8 heteroatoms. The minimum Gasteiger partial charge on any atom is -0.744 e. The summed E-state index contributed by atoms with van der Waals surface area (Å²) in [6.07, 6.45) is 5.14. The summed E-state index contributed by atoms with van der Waals surface area (Å²) in [5.41, 5.74) is 0.928. The monoisotopic (exact) mass is 423 g/mol. The van der Waals surface area contributed by atoms with Crippen molar-refractivity contribution in [1.82, 2.24) is 0 Å². The first-order chi connectivity index (χ1) is 12.0. The lowest BCUT2D eigenvalue weighted by atomic mass is 10.2. The number of unbranched alkanes of at least 4 members (excludes halogenated alkanes) is 3. The van der Waals surface area contributed by atoms with Crippen molar-refractivity contribution in [2.75, 3.05) is 39.2 Å². The maximum atomic E-state index is 10.4. The Morgan fingerprint density at radius 3 is 2.11 bits per heavy atom. The molecule has 0 saturated carbocycles. The highest BCUT2D eigenvalue weighted by Gasteiger charge is 2.14. The molecule has 0 aliphatic carbocycles. The van der Waals surface area contributed by atoms with Crippen LogP contribution in [0.3, 0.4) is 0 Å². The molecule has 1 aromatic carbocycles. The van der Waals surface area contributed by atoms with Crippen molar-refractivity contribution in [1.29, 1.82) is 0 Å². The zero-order valence-electron chi connectivity index (χ0n) is 17.3. The molecule has 1 aromatic rings. The number of aliphatic hydroxyl groups is 1. The third-order valence-corrected chi connectivity index (χ3v) is 5.57. The molecule has 0 fully saturated rings. The predicted octanol–water partition coefficient (Wildman–Crippen LogP) is 2.44. The second-order valence-corrected chi connectivity index (χ2v) is 10.1. The van der Waals surface area contributed by atoms with E-state index in [2.05, 4.69) is 28.1 Å². The van der Waals surface area contributed by atoms with Crippen LogP contribution < -0.4 is 0 Å². The second kappa shape index (κ2) is 14.4. The van der Waals surface area contributed by atoms with Gasteiger partial charge in [0.15, 0.2) is 0 Å². The molecule has 0 heterocycles. The predicted molar refractivity (Wildman–Crippen MR) is 113 cm³/mol. The first-order valence-corrected chi connectivity index (χ1v) is 11.6. The zero-order chi connectivity index (χ0) is 20.2. The van der Waals surface area contributed by atoms with Crippen molar-refractivity contribution in [3.05, 3.63) is 29.8 Å². The molecular weight excluding hydrogens is 386 g/mol. The van der Waals surface area contributed by atoms with Gasteiger partial charge in [-0.15, -0.1) is 0 Å². The van der Waals surface area contributed by atoms with E-state index in [1.165, 1.54) is 43.6 Å². The number of aliphatic hydroxyl groups excluding tert-OH is 1. The third kappa shape index (κ3) is 17.2. The summed E-state index contributed by atoms with van der Waals surface area (Å²) in [6, 6.07) is 5.78. The minimum absolute atomic E-state index is 0. The third-order valence-electron chi connectivity index (χ3n) is 3.52. The Hall–Kier alpha value is -0.640. The Morgan fingerprint density at radius 2 is 1.67 bits per heavy atom. The number of benzene rings is 1. The number of thioether (sulfide) groups is 1. The van der Waals surface area contributed by atoms with Crippen molar-refractivity contribution >= 4 is 21.9 Å². The van der Waals surface area contributed by atoms with E-state index < -0.39 is 10.1 Å². The van der Waals surface area contributed by atoms with Gasteiger partial charge in [0.2, 0.25) is 0 Å². The van der Waals surface area contributed by atoms with Crippen LogP contribution in [0.4, 0.5) is 0 Å². The average molecular weight is 424 g/mol. The van der Waals surface area contributed by atoms with Crippen LogP contribution in [0.15, 0.2) is 29.2 Å². The number of rotatable bonds is 10.